The van der Waals surface area contributed by atoms with Crippen molar-refractivity contribution in [3.05, 3.63) is 58.4 Å². The summed E-state index contributed by atoms with van der Waals surface area (Å²) in [5, 5.41) is 0. The monoisotopic (exact) mass is 358 g/mol. The predicted molar refractivity (Wildman–Crippen MR) is 99.3 cm³/mol. The zero-order chi connectivity index (χ0) is 19.1. The van der Waals surface area contributed by atoms with Gasteiger partial charge in [0.2, 0.25) is 0 Å². The van der Waals surface area contributed by atoms with E-state index in [1.807, 2.05) is 37.3 Å². The fourth-order valence-corrected chi connectivity index (χ4v) is 2.93. The van der Waals surface area contributed by atoms with E-state index in [4.69, 9.17) is 9.47 Å². The van der Waals surface area contributed by atoms with Crippen LogP contribution < -0.4 is 0 Å². The minimum Gasteiger partial charge on any atom is -0.465 e. The number of hydrogen-bond donors (Lipinski definition) is 1. The van der Waals surface area contributed by atoms with Crippen molar-refractivity contribution in [1.82, 2.24) is 9.88 Å². The van der Waals surface area contributed by atoms with Gasteiger partial charge in [0, 0.05) is 25.9 Å². The van der Waals surface area contributed by atoms with Crippen molar-refractivity contribution in [2.24, 2.45) is 0 Å². The molecule has 0 atom stereocenters. The Morgan fingerprint density at radius 1 is 1.15 bits per heavy atom. The molecule has 0 unspecified atom stereocenters. The average Bonchev–Trinajstić information content (AvgIpc) is 3.01. The lowest BCUT2D eigenvalue weighted by atomic mass is 10.1. The zero-order valence-electron chi connectivity index (χ0n) is 15.8. The van der Waals surface area contributed by atoms with E-state index >= 15 is 0 Å². The number of carbonyl (C=O) groups excluding carboxylic acids is 2. The van der Waals surface area contributed by atoms with Crippen molar-refractivity contribution in [3.8, 4) is 0 Å². The van der Waals surface area contributed by atoms with Crippen LogP contribution in [0, 0.1) is 6.92 Å². The fraction of sp³-hybridized carbons (Fsp3) is 0.400. The van der Waals surface area contributed by atoms with Gasteiger partial charge in [0.1, 0.15) is 5.69 Å². The van der Waals surface area contributed by atoms with E-state index in [0.717, 1.165) is 5.56 Å². The van der Waals surface area contributed by atoms with Crippen LogP contribution in [-0.2, 0) is 22.4 Å². The molecule has 1 N–H and O–H groups in total. The summed E-state index contributed by atoms with van der Waals surface area (Å²) in [6.07, 6.45) is 0.606. The largest absolute Gasteiger partial charge is 0.465 e. The molecule has 2 rings (SSSR count). The molecule has 0 radical (unpaired) electrons. The van der Waals surface area contributed by atoms with Crippen LogP contribution in [0.4, 0.5) is 0 Å². The van der Waals surface area contributed by atoms with Crippen LogP contribution in [0.1, 0.15) is 44.6 Å². The van der Waals surface area contributed by atoms with E-state index in [9.17, 15) is 9.59 Å². The molecule has 0 fully saturated rings. The van der Waals surface area contributed by atoms with Gasteiger partial charge in [-0.25, -0.2) is 4.79 Å². The molecule has 1 aromatic heterocycles. The van der Waals surface area contributed by atoms with Crippen LogP contribution >= 0.6 is 0 Å². The van der Waals surface area contributed by atoms with Gasteiger partial charge in [-0.2, -0.15) is 0 Å². The van der Waals surface area contributed by atoms with Crippen molar-refractivity contribution in [3.63, 3.8) is 0 Å². The van der Waals surface area contributed by atoms with Gasteiger partial charge in [0.25, 0.3) is 5.91 Å². The topological polar surface area (TPSA) is 71.6 Å². The lowest BCUT2D eigenvalue weighted by molar-refractivity contribution is 0.0599. The first-order valence-corrected chi connectivity index (χ1v) is 8.65. The second-order valence-electron chi connectivity index (χ2n) is 6.03. The first-order chi connectivity index (χ1) is 12.5. The maximum absolute atomic E-state index is 13.2. The van der Waals surface area contributed by atoms with Crippen LogP contribution in [0.5, 0.6) is 0 Å². The summed E-state index contributed by atoms with van der Waals surface area (Å²) in [6.45, 7) is 5.06. The zero-order valence-corrected chi connectivity index (χ0v) is 15.8. The summed E-state index contributed by atoms with van der Waals surface area (Å²) in [5.41, 5.74) is 3.24. The molecule has 0 saturated carbocycles. The van der Waals surface area contributed by atoms with Crippen molar-refractivity contribution in [2.75, 3.05) is 27.4 Å². The van der Waals surface area contributed by atoms with Crippen molar-refractivity contribution in [2.45, 2.75) is 26.8 Å². The highest BCUT2D eigenvalue weighted by Gasteiger charge is 2.26. The van der Waals surface area contributed by atoms with Gasteiger partial charge < -0.3 is 19.4 Å². The number of benzene rings is 1. The smallest absolute Gasteiger partial charge is 0.339 e. The van der Waals surface area contributed by atoms with E-state index in [0.29, 0.717) is 48.6 Å². The van der Waals surface area contributed by atoms with Gasteiger partial charge >= 0.3 is 5.97 Å². The molecule has 0 spiro atoms. The van der Waals surface area contributed by atoms with Crippen molar-refractivity contribution in [1.29, 1.82) is 0 Å². The maximum Gasteiger partial charge on any atom is 0.339 e. The van der Waals surface area contributed by atoms with Gasteiger partial charge in [0.05, 0.1) is 19.3 Å². The molecule has 1 amide bonds. The van der Waals surface area contributed by atoms with Gasteiger partial charge in [-0.1, -0.05) is 37.3 Å². The second-order valence-corrected chi connectivity index (χ2v) is 6.03. The Hall–Kier alpha value is -2.60. The maximum atomic E-state index is 13.2. The van der Waals surface area contributed by atoms with E-state index in [1.165, 1.54) is 7.11 Å². The van der Waals surface area contributed by atoms with Crippen LogP contribution in [0.15, 0.2) is 30.3 Å². The molecule has 0 bridgehead atoms. The third-order valence-electron chi connectivity index (χ3n) is 4.35. The summed E-state index contributed by atoms with van der Waals surface area (Å²) in [4.78, 5) is 30.1. The molecule has 140 valence electrons. The van der Waals surface area contributed by atoms with E-state index in [2.05, 4.69) is 4.98 Å². The summed E-state index contributed by atoms with van der Waals surface area (Å²) >= 11 is 0. The Morgan fingerprint density at radius 2 is 1.85 bits per heavy atom. The number of ether oxygens (including phenoxy) is 2. The first-order valence-electron chi connectivity index (χ1n) is 8.65. The lowest BCUT2D eigenvalue weighted by Crippen LogP contribution is -2.34. The molecule has 0 aliphatic rings. The summed E-state index contributed by atoms with van der Waals surface area (Å²) in [7, 11) is 2.95. The number of hydrogen-bond acceptors (Lipinski definition) is 4. The third-order valence-corrected chi connectivity index (χ3v) is 4.35. The molecule has 0 saturated heterocycles. The summed E-state index contributed by atoms with van der Waals surface area (Å²) in [6, 6.07) is 9.78. The molecule has 0 aliphatic carbocycles. The Kier molecular flexibility index (Phi) is 6.97. The third kappa shape index (κ3) is 4.32. The second kappa shape index (κ2) is 9.20. The number of nitrogens with zero attached hydrogens (tertiary/aromatic N) is 1. The number of nitrogens with one attached hydrogen (secondary N) is 1. The molecule has 2 aromatic rings. The number of aromatic amines is 1. The average molecular weight is 358 g/mol. The number of methoxy groups -OCH3 is 2. The number of carbonyl (C=O) groups is 2. The van der Waals surface area contributed by atoms with Gasteiger partial charge in [-0.15, -0.1) is 0 Å². The van der Waals surface area contributed by atoms with Crippen LogP contribution in [0.2, 0.25) is 0 Å². The van der Waals surface area contributed by atoms with Gasteiger partial charge in [0.15, 0.2) is 0 Å². The SMILES string of the molecule is CCc1[nH]c(C(=O)N(CCOC)Cc2ccccc2)c(C)c1C(=O)OC. The molecule has 6 nitrogen and oxygen atoms in total. The normalized spacial score (nSPS) is 10.6. The molecule has 6 heteroatoms. The number of rotatable bonds is 8. The van der Waals surface area contributed by atoms with E-state index in [1.54, 1.807) is 18.9 Å². The number of aromatic nitrogens is 1. The number of H-pyrrole nitrogens is 1. The van der Waals surface area contributed by atoms with Crippen molar-refractivity contribution >= 4 is 11.9 Å². The summed E-state index contributed by atoms with van der Waals surface area (Å²) < 4.78 is 10.0. The minimum atomic E-state index is -0.429. The van der Waals surface area contributed by atoms with E-state index < -0.39 is 5.97 Å². The van der Waals surface area contributed by atoms with Crippen molar-refractivity contribution < 1.29 is 19.1 Å². The Morgan fingerprint density at radius 3 is 2.42 bits per heavy atom. The first kappa shape index (κ1) is 19.7. The molecule has 1 aromatic carbocycles. The predicted octanol–water partition coefficient (Wildman–Crippen LogP) is 2.96. The molecule has 26 heavy (non-hydrogen) atoms. The Balaban J connectivity index is 2.35. The molecule has 1 heterocycles. The minimum absolute atomic E-state index is 0.159. The highest BCUT2D eigenvalue weighted by atomic mass is 16.5. The van der Waals surface area contributed by atoms with E-state index in [-0.39, 0.29) is 5.91 Å². The highest BCUT2D eigenvalue weighted by Crippen LogP contribution is 2.22. The Bertz CT molecular complexity index is 753. The Labute approximate surface area is 154 Å². The number of esters is 1. The molecule has 0 aliphatic heterocycles. The highest BCUT2D eigenvalue weighted by molar-refractivity contribution is 6.00. The van der Waals surface area contributed by atoms with Crippen LogP contribution in [0.25, 0.3) is 0 Å². The van der Waals surface area contributed by atoms with Gasteiger partial charge in [-0.05, 0) is 24.5 Å². The standard InChI is InChI=1S/C20H26N2O4/c1-5-16-17(20(24)26-4)14(2)18(21-16)19(23)22(11-12-25-3)13-15-9-7-6-8-10-15/h6-10,21H,5,11-13H2,1-4H3. The number of amides is 1. The summed E-state index contributed by atoms with van der Waals surface area (Å²) in [5.74, 6) is -0.589. The van der Waals surface area contributed by atoms with Crippen LogP contribution in [-0.4, -0.2) is 49.1 Å². The molecular weight excluding hydrogens is 332 g/mol. The fourth-order valence-electron chi connectivity index (χ4n) is 2.93. The molecular formula is C20H26N2O4. The van der Waals surface area contributed by atoms with Gasteiger partial charge in [-0.3, -0.25) is 4.79 Å². The quantitative estimate of drug-likeness (QED) is 0.737. The number of aryl methyl sites for hydroxylation is 1. The van der Waals surface area contributed by atoms with Crippen LogP contribution in [0.3, 0.4) is 0 Å². The lowest BCUT2D eigenvalue weighted by Gasteiger charge is -2.22.